The molecule has 19 heavy (non-hydrogen) atoms. The third-order valence-corrected chi connectivity index (χ3v) is 2.72. The van der Waals surface area contributed by atoms with Gasteiger partial charge in [-0.2, -0.15) is 0 Å². The number of fused-ring (bicyclic) bond motifs is 1. The van der Waals surface area contributed by atoms with Crippen LogP contribution in [0.15, 0.2) is 36.4 Å². The van der Waals surface area contributed by atoms with E-state index in [9.17, 15) is 0 Å². The molecule has 2 aromatic heterocycles. The fraction of sp³-hybridized carbons (Fsp3) is 0.167. The molecule has 2 heterocycles. The van der Waals surface area contributed by atoms with Crippen LogP contribution in [-0.4, -0.2) is 32.4 Å². The van der Waals surface area contributed by atoms with Crippen LogP contribution in [0.2, 0.25) is 0 Å². The normalized spacial score (nSPS) is 10.6. The van der Waals surface area contributed by atoms with Crippen molar-refractivity contribution in [1.29, 1.82) is 0 Å². The Kier molecular flexibility index (Phi) is 2.93. The fourth-order valence-electron chi connectivity index (χ4n) is 1.78. The highest BCUT2D eigenvalue weighted by Crippen LogP contribution is 2.18. The molecule has 0 aliphatic carbocycles. The number of aromatic nitrogens is 5. The van der Waals surface area contributed by atoms with Crippen LogP contribution in [0.5, 0.6) is 5.75 Å². The van der Waals surface area contributed by atoms with Crippen molar-refractivity contribution in [2.75, 3.05) is 12.4 Å². The number of anilines is 1. The highest BCUT2D eigenvalue weighted by Gasteiger charge is 2.03. The van der Waals surface area contributed by atoms with Gasteiger partial charge in [-0.05, 0) is 28.6 Å². The number of nitrogens with one attached hydrogen (secondary N) is 1. The molecule has 0 amide bonds. The number of ether oxygens (including phenoxy) is 1. The van der Waals surface area contributed by atoms with Gasteiger partial charge in [0.25, 0.3) is 0 Å². The maximum Gasteiger partial charge on any atom is 0.200 e. The smallest absolute Gasteiger partial charge is 0.200 e. The first-order valence-corrected chi connectivity index (χ1v) is 5.78. The predicted molar refractivity (Wildman–Crippen MR) is 68.9 cm³/mol. The van der Waals surface area contributed by atoms with Gasteiger partial charge in [-0.3, -0.25) is 0 Å². The molecule has 7 heteroatoms. The standard InChI is InChI=1S/C12H12N6O/c1-19-10-5-3-2-4-9(10)8-13-11-6-7-12-14-16-17-18(12)15-11/h2-7H,8H2,1H3,(H,13,15). The lowest BCUT2D eigenvalue weighted by Gasteiger charge is -2.09. The molecule has 0 aliphatic heterocycles. The minimum absolute atomic E-state index is 0.614. The number of hydrogen-bond donors (Lipinski definition) is 1. The first-order valence-electron chi connectivity index (χ1n) is 5.78. The van der Waals surface area contributed by atoms with E-state index in [2.05, 4.69) is 25.9 Å². The minimum atomic E-state index is 0.614. The summed E-state index contributed by atoms with van der Waals surface area (Å²) in [6.45, 7) is 0.616. The summed E-state index contributed by atoms with van der Waals surface area (Å²) in [5.74, 6) is 1.55. The van der Waals surface area contributed by atoms with E-state index < -0.39 is 0 Å². The second kappa shape index (κ2) is 4.89. The van der Waals surface area contributed by atoms with Gasteiger partial charge in [-0.1, -0.05) is 18.2 Å². The van der Waals surface area contributed by atoms with Gasteiger partial charge in [0.15, 0.2) is 5.65 Å². The van der Waals surface area contributed by atoms with Crippen molar-refractivity contribution in [2.24, 2.45) is 0 Å². The number of tetrazole rings is 1. The lowest BCUT2D eigenvalue weighted by molar-refractivity contribution is 0.410. The molecule has 0 bridgehead atoms. The first kappa shape index (κ1) is 11.4. The van der Waals surface area contributed by atoms with Gasteiger partial charge >= 0.3 is 0 Å². The van der Waals surface area contributed by atoms with Gasteiger partial charge in [0, 0.05) is 12.1 Å². The molecular weight excluding hydrogens is 244 g/mol. The van der Waals surface area contributed by atoms with E-state index in [0.717, 1.165) is 11.3 Å². The van der Waals surface area contributed by atoms with E-state index in [1.165, 1.54) is 4.63 Å². The lowest BCUT2D eigenvalue weighted by Crippen LogP contribution is -2.05. The number of benzene rings is 1. The molecule has 0 aliphatic rings. The van der Waals surface area contributed by atoms with E-state index in [-0.39, 0.29) is 0 Å². The number of para-hydroxylation sites is 1. The Hall–Kier alpha value is -2.70. The predicted octanol–water partition coefficient (Wildman–Crippen LogP) is 1.14. The van der Waals surface area contributed by atoms with Crippen LogP contribution in [0.4, 0.5) is 5.82 Å². The Balaban J connectivity index is 1.78. The number of hydrogen-bond acceptors (Lipinski definition) is 6. The molecule has 0 fully saturated rings. The molecule has 0 saturated carbocycles. The molecule has 0 unspecified atom stereocenters. The molecular formula is C12H12N6O. The second-order valence-corrected chi connectivity index (χ2v) is 3.91. The number of methoxy groups -OCH3 is 1. The summed E-state index contributed by atoms with van der Waals surface area (Å²) in [5, 5.41) is 18.5. The maximum atomic E-state index is 5.29. The minimum Gasteiger partial charge on any atom is -0.496 e. The zero-order valence-corrected chi connectivity index (χ0v) is 10.3. The molecule has 1 aromatic carbocycles. The summed E-state index contributed by atoms with van der Waals surface area (Å²) in [5.41, 5.74) is 1.67. The van der Waals surface area contributed by atoms with Crippen LogP contribution < -0.4 is 10.1 Å². The van der Waals surface area contributed by atoms with Crippen molar-refractivity contribution in [1.82, 2.24) is 25.3 Å². The van der Waals surface area contributed by atoms with Gasteiger partial charge in [-0.15, -0.1) is 14.8 Å². The number of rotatable bonds is 4. The Bertz CT molecular complexity index is 695. The van der Waals surface area contributed by atoms with Crippen molar-refractivity contribution < 1.29 is 4.74 Å². The number of nitrogens with zero attached hydrogens (tertiary/aromatic N) is 5. The highest BCUT2D eigenvalue weighted by atomic mass is 16.5. The second-order valence-electron chi connectivity index (χ2n) is 3.91. The van der Waals surface area contributed by atoms with Crippen LogP contribution >= 0.6 is 0 Å². The van der Waals surface area contributed by atoms with Crippen LogP contribution in [0.3, 0.4) is 0 Å². The van der Waals surface area contributed by atoms with Gasteiger partial charge in [-0.25, -0.2) is 0 Å². The molecule has 0 atom stereocenters. The summed E-state index contributed by atoms with van der Waals surface area (Å²) in [6.07, 6.45) is 0. The summed E-state index contributed by atoms with van der Waals surface area (Å²) < 4.78 is 6.67. The van der Waals surface area contributed by atoms with Crippen LogP contribution in [-0.2, 0) is 6.54 Å². The summed E-state index contributed by atoms with van der Waals surface area (Å²) in [4.78, 5) is 0. The monoisotopic (exact) mass is 256 g/mol. The van der Waals surface area contributed by atoms with Crippen LogP contribution in [0.1, 0.15) is 5.56 Å². The zero-order valence-electron chi connectivity index (χ0n) is 10.3. The maximum absolute atomic E-state index is 5.29. The highest BCUT2D eigenvalue weighted by molar-refractivity contribution is 5.43. The lowest BCUT2D eigenvalue weighted by atomic mass is 10.2. The Morgan fingerprint density at radius 3 is 3.00 bits per heavy atom. The summed E-state index contributed by atoms with van der Waals surface area (Å²) >= 11 is 0. The Morgan fingerprint density at radius 2 is 2.11 bits per heavy atom. The molecule has 0 radical (unpaired) electrons. The quantitative estimate of drug-likeness (QED) is 0.754. The molecule has 1 N–H and O–H groups in total. The van der Waals surface area contributed by atoms with Gasteiger partial charge < -0.3 is 10.1 Å². The van der Waals surface area contributed by atoms with E-state index in [1.807, 2.05) is 30.3 Å². The Labute approximate surface area is 109 Å². The third kappa shape index (κ3) is 2.30. The largest absolute Gasteiger partial charge is 0.496 e. The van der Waals surface area contributed by atoms with Gasteiger partial charge in [0.05, 0.1) is 7.11 Å². The van der Waals surface area contributed by atoms with Crippen LogP contribution in [0, 0.1) is 0 Å². The SMILES string of the molecule is COc1ccccc1CNc1ccc2nnnn2n1. The van der Waals surface area contributed by atoms with Crippen molar-refractivity contribution >= 4 is 11.5 Å². The van der Waals surface area contributed by atoms with E-state index in [4.69, 9.17) is 4.74 Å². The molecule has 3 aromatic rings. The van der Waals surface area contributed by atoms with E-state index in [0.29, 0.717) is 18.0 Å². The molecule has 96 valence electrons. The van der Waals surface area contributed by atoms with Gasteiger partial charge in [0.1, 0.15) is 11.6 Å². The van der Waals surface area contributed by atoms with E-state index >= 15 is 0 Å². The average molecular weight is 256 g/mol. The van der Waals surface area contributed by atoms with Crippen molar-refractivity contribution in [3.63, 3.8) is 0 Å². The fourth-order valence-corrected chi connectivity index (χ4v) is 1.78. The zero-order chi connectivity index (χ0) is 13.1. The van der Waals surface area contributed by atoms with E-state index in [1.54, 1.807) is 13.2 Å². The van der Waals surface area contributed by atoms with Crippen molar-refractivity contribution in [3.05, 3.63) is 42.0 Å². The topological polar surface area (TPSA) is 77.2 Å². The Morgan fingerprint density at radius 1 is 1.21 bits per heavy atom. The molecule has 0 saturated heterocycles. The summed E-state index contributed by atoms with van der Waals surface area (Å²) in [6, 6.07) is 11.5. The van der Waals surface area contributed by atoms with Gasteiger partial charge in [0.2, 0.25) is 0 Å². The third-order valence-electron chi connectivity index (χ3n) is 2.72. The molecule has 0 spiro atoms. The first-order chi connectivity index (χ1) is 9.36. The average Bonchev–Trinajstić information content (AvgIpc) is 2.93. The molecule has 3 rings (SSSR count). The van der Waals surface area contributed by atoms with Crippen molar-refractivity contribution in [3.8, 4) is 5.75 Å². The molecule has 7 nitrogen and oxygen atoms in total. The van der Waals surface area contributed by atoms with Crippen LogP contribution in [0.25, 0.3) is 5.65 Å². The summed E-state index contributed by atoms with van der Waals surface area (Å²) in [7, 11) is 1.66. The van der Waals surface area contributed by atoms with Crippen molar-refractivity contribution in [2.45, 2.75) is 6.54 Å².